The van der Waals surface area contributed by atoms with Crippen molar-refractivity contribution in [2.24, 2.45) is 0 Å². The van der Waals surface area contributed by atoms with Gasteiger partial charge in [0.15, 0.2) is 0 Å². The molecule has 2 heterocycles. The van der Waals surface area contributed by atoms with E-state index in [1.165, 1.54) is 57.5 Å². The Labute approximate surface area is 338 Å². The maximum absolute atomic E-state index is 3.36. The molecule has 0 fully saturated rings. The molecule has 6 aromatic carbocycles. The second-order valence-electron chi connectivity index (χ2n) is 14.2. The van der Waals surface area contributed by atoms with E-state index in [4.69, 9.17) is 0 Å². The van der Waals surface area contributed by atoms with Gasteiger partial charge in [-0.3, -0.25) is 0 Å². The molecule has 56 heavy (non-hydrogen) atoms. The first-order valence-electron chi connectivity index (χ1n) is 19.6. The first-order chi connectivity index (χ1) is 27.4. The summed E-state index contributed by atoms with van der Waals surface area (Å²) in [6, 6.07) is 58.4. The fourth-order valence-electron chi connectivity index (χ4n) is 6.86. The van der Waals surface area contributed by atoms with Crippen molar-refractivity contribution in [1.82, 2.24) is 9.80 Å². The van der Waals surface area contributed by atoms with Crippen LogP contribution >= 0.6 is 0 Å². The fourth-order valence-corrected chi connectivity index (χ4v) is 6.86. The Hall–Kier alpha value is -5.80. The molecule has 0 saturated carbocycles. The Bertz CT molecular complexity index is 1970. The van der Waals surface area contributed by atoms with Gasteiger partial charge >= 0.3 is 0 Å². The predicted molar refractivity (Wildman–Crippen MR) is 243 cm³/mol. The normalized spacial score (nSPS) is 14.0. The summed E-state index contributed by atoms with van der Waals surface area (Å²) in [5, 5.41) is 0. The van der Waals surface area contributed by atoms with E-state index in [1.54, 1.807) is 29.9 Å². The molecule has 6 aromatic rings. The maximum Gasteiger partial charge on any atom is 0.0234 e. The lowest BCUT2D eigenvalue weighted by atomic mass is 9.83. The fraction of sp³-hybridized carbons (Fsp3) is 0.185. The van der Waals surface area contributed by atoms with Crippen LogP contribution in [-0.2, 0) is 32.4 Å². The molecule has 0 saturated heterocycles. The molecule has 8 rings (SSSR count). The molecule has 2 heteroatoms. The van der Waals surface area contributed by atoms with Crippen LogP contribution in [0.25, 0.3) is 0 Å². The van der Waals surface area contributed by atoms with E-state index in [0.717, 1.165) is 32.5 Å². The van der Waals surface area contributed by atoms with Gasteiger partial charge in [-0.25, -0.2) is 0 Å². The molecule has 1 unspecified atom stereocenters. The van der Waals surface area contributed by atoms with Crippen molar-refractivity contribution in [3.63, 3.8) is 0 Å². The van der Waals surface area contributed by atoms with Crippen LogP contribution < -0.4 is 0 Å². The Morgan fingerprint density at radius 3 is 1.39 bits per heavy atom. The van der Waals surface area contributed by atoms with Crippen LogP contribution in [-0.4, -0.2) is 37.0 Å². The Kier molecular flexibility index (Phi) is 18.8. The molecule has 0 N–H and O–H groups in total. The summed E-state index contributed by atoms with van der Waals surface area (Å²) in [4.78, 5) is 4.82. The summed E-state index contributed by atoms with van der Waals surface area (Å²) in [5.74, 6) is 0.468. The van der Waals surface area contributed by atoms with Gasteiger partial charge in [0, 0.05) is 32.1 Å². The zero-order valence-electron chi connectivity index (χ0n) is 33.6. The van der Waals surface area contributed by atoms with Crippen LogP contribution in [0.1, 0.15) is 56.0 Å². The summed E-state index contributed by atoms with van der Waals surface area (Å²) in [6.45, 7) is 17.9. The zero-order valence-corrected chi connectivity index (χ0v) is 33.6. The van der Waals surface area contributed by atoms with Crippen LogP contribution in [0.5, 0.6) is 0 Å². The second-order valence-corrected chi connectivity index (χ2v) is 14.2. The van der Waals surface area contributed by atoms with Gasteiger partial charge in [-0.15, -0.1) is 0 Å². The number of fused-ring (bicyclic) bond motifs is 2. The topological polar surface area (TPSA) is 6.48 Å². The Balaban J connectivity index is 0.000000189. The summed E-state index contributed by atoms with van der Waals surface area (Å²) >= 11 is 0. The van der Waals surface area contributed by atoms with E-state index in [9.17, 15) is 0 Å². The van der Waals surface area contributed by atoms with E-state index < -0.39 is 0 Å². The maximum atomic E-state index is 3.36. The van der Waals surface area contributed by atoms with Crippen LogP contribution in [0.15, 0.2) is 214 Å². The number of hydrogen-bond donors (Lipinski definition) is 0. The lowest BCUT2D eigenvalue weighted by Crippen LogP contribution is -2.31. The SMILES string of the molecule is C=CC=C.C=CC=C.CN1CCc2cc(Cc3ccccc3)ccc2C1.CN1Cc2ccc(Cc3ccccc3)cc2C(c2ccccc2)C1.c1ccccc1. The Morgan fingerprint density at radius 2 is 0.893 bits per heavy atom. The quantitative estimate of drug-likeness (QED) is 0.151. The van der Waals surface area contributed by atoms with E-state index >= 15 is 0 Å². The minimum absolute atomic E-state index is 0.468. The van der Waals surface area contributed by atoms with Crippen LogP contribution in [0.4, 0.5) is 0 Å². The molecule has 0 radical (unpaired) electrons. The van der Waals surface area contributed by atoms with Gasteiger partial charge in [0.2, 0.25) is 0 Å². The molecule has 0 spiro atoms. The molecule has 0 aliphatic carbocycles. The van der Waals surface area contributed by atoms with Crippen molar-refractivity contribution in [3.8, 4) is 0 Å². The molecule has 2 aliphatic heterocycles. The molecular formula is C54H60N2. The van der Waals surface area contributed by atoms with Gasteiger partial charge in [0.05, 0.1) is 0 Å². The number of allylic oxidation sites excluding steroid dienone is 4. The predicted octanol–water partition coefficient (Wildman–Crippen LogP) is 12.5. The first kappa shape index (κ1) is 42.9. The van der Waals surface area contributed by atoms with E-state index in [2.05, 4.69) is 178 Å². The van der Waals surface area contributed by atoms with Crippen molar-refractivity contribution in [2.45, 2.75) is 38.3 Å². The molecule has 2 nitrogen and oxygen atoms in total. The van der Waals surface area contributed by atoms with Crippen molar-refractivity contribution < 1.29 is 0 Å². The van der Waals surface area contributed by atoms with Gasteiger partial charge in [-0.2, -0.15) is 0 Å². The van der Waals surface area contributed by atoms with Crippen molar-refractivity contribution in [1.29, 1.82) is 0 Å². The monoisotopic (exact) mass is 736 g/mol. The standard InChI is InChI=1S/C23H23N.C17H19N.C6H6.2C4H6/c1-24-16-21-13-12-19(14-18-8-4-2-5-9-18)15-22(21)23(17-24)20-10-6-3-7-11-20;1-18-10-9-16-12-15(7-8-17(16)13-18)11-14-5-3-2-4-6-14;1-2-4-6-5-3-1;2*1-3-4-2/h2-13,15,23H,14,16-17H2,1H3;2-8,12H,9-11,13H2,1H3;1-6H;2*3-4H,1-2H2. The van der Waals surface area contributed by atoms with Crippen molar-refractivity contribution in [3.05, 3.63) is 264 Å². The summed E-state index contributed by atoms with van der Waals surface area (Å²) in [6.07, 6.45) is 9.80. The lowest BCUT2D eigenvalue weighted by Gasteiger charge is -2.33. The highest BCUT2D eigenvalue weighted by Crippen LogP contribution is 2.34. The molecule has 0 aromatic heterocycles. The zero-order chi connectivity index (χ0) is 39.8. The van der Waals surface area contributed by atoms with Gasteiger partial charge in [-0.05, 0) is 83.4 Å². The number of rotatable bonds is 7. The number of nitrogens with zero attached hydrogens (tertiary/aromatic N) is 2. The molecular weight excluding hydrogens is 677 g/mol. The number of hydrogen-bond acceptors (Lipinski definition) is 2. The number of likely N-dealkylation sites (N-methyl/N-ethyl adjacent to an activating group) is 2. The van der Waals surface area contributed by atoms with Crippen LogP contribution in [0.3, 0.4) is 0 Å². The van der Waals surface area contributed by atoms with E-state index in [0.29, 0.717) is 5.92 Å². The van der Waals surface area contributed by atoms with Gasteiger partial charge < -0.3 is 9.80 Å². The third-order valence-electron chi connectivity index (χ3n) is 9.70. The van der Waals surface area contributed by atoms with E-state index in [1.807, 2.05) is 36.4 Å². The summed E-state index contributed by atoms with van der Waals surface area (Å²) in [7, 11) is 4.41. The lowest BCUT2D eigenvalue weighted by molar-refractivity contribution is 0.295. The molecule has 286 valence electrons. The van der Waals surface area contributed by atoms with E-state index in [-0.39, 0.29) is 0 Å². The molecule has 2 aliphatic rings. The van der Waals surface area contributed by atoms with Crippen LogP contribution in [0.2, 0.25) is 0 Å². The largest absolute Gasteiger partial charge is 0.302 e. The first-order valence-corrected chi connectivity index (χ1v) is 19.6. The van der Waals surface area contributed by atoms with Gasteiger partial charge in [0.25, 0.3) is 0 Å². The highest BCUT2D eigenvalue weighted by Gasteiger charge is 2.25. The second kappa shape index (κ2) is 24.6. The third-order valence-corrected chi connectivity index (χ3v) is 9.70. The van der Waals surface area contributed by atoms with Crippen LogP contribution in [0, 0.1) is 0 Å². The highest BCUT2D eigenvalue weighted by atomic mass is 15.1. The summed E-state index contributed by atoms with van der Waals surface area (Å²) in [5.41, 5.74) is 13.0. The summed E-state index contributed by atoms with van der Waals surface area (Å²) < 4.78 is 0. The third kappa shape index (κ3) is 14.8. The number of benzene rings is 6. The average molecular weight is 737 g/mol. The van der Waals surface area contributed by atoms with Crippen molar-refractivity contribution in [2.75, 3.05) is 27.2 Å². The highest BCUT2D eigenvalue weighted by molar-refractivity contribution is 5.44. The molecule has 0 bridgehead atoms. The average Bonchev–Trinajstić information content (AvgIpc) is 3.26. The minimum atomic E-state index is 0.468. The van der Waals surface area contributed by atoms with Crippen molar-refractivity contribution >= 4 is 0 Å². The Morgan fingerprint density at radius 1 is 0.464 bits per heavy atom. The van der Waals surface area contributed by atoms with Gasteiger partial charge in [-0.1, -0.05) is 214 Å². The van der Waals surface area contributed by atoms with Gasteiger partial charge in [0.1, 0.15) is 0 Å². The molecule has 0 amide bonds. The molecule has 1 atom stereocenters. The smallest absolute Gasteiger partial charge is 0.0234 e. The minimum Gasteiger partial charge on any atom is -0.302 e.